The van der Waals surface area contributed by atoms with Crippen molar-refractivity contribution in [2.45, 2.75) is 26.4 Å². The first kappa shape index (κ1) is 14.0. The molecule has 0 bridgehead atoms. The maximum atomic E-state index is 13.7. The third kappa shape index (κ3) is 2.80. The van der Waals surface area contributed by atoms with E-state index in [4.69, 9.17) is 11.6 Å². The molecule has 0 radical (unpaired) electrons. The highest BCUT2D eigenvalue weighted by molar-refractivity contribution is 6.30. The summed E-state index contributed by atoms with van der Waals surface area (Å²) in [5.41, 5.74) is 2.70. The number of hydrogen-bond acceptors (Lipinski definition) is 2. The molecule has 0 aliphatic carbocycles. The van der Waals surface area contributed by atoms with E-state index in [2.05, 4.69) is 5.10 Å². The fraction of sp³-hybridized carbons (Fsp3) is 0.357. The Morgan fingerprint density at radius 3 is 2.68 bits per heavy atom. The molecule has 0 aliphatic heterocycles. The van der Waals surface area contributed by atoms with Gasteiger partial charge in [0.05, 0.1) is 11.8 Å². The minimum Gasteiger partial charge on any atom is -0.388 e. The summed E-state index contributed by atoms with van der Waals surface area (Å²) in [5, 5.41) is 14.9. The van der Waals surface area contributed by atoms with Crippen LogP contribution in [0.5, 0.6) is 0 Å². The van der Waals surface area contributed by atoms with Gasteiger partial charge < -0.3 is 5.11 Å². The van der Waals surface area contributed by atoms with Crippen molar-refractivity contribution in [2.24, 2.45) is 7.05 Å². The predicted octanol–water partition coefficient (Wildman–Crippen LogP) is 3.11. The van der Waals surface area contributed by atoms with Crippen molar-refractivity contribution in [1.82, 2.24) is 9.78 Å². The molecule has 1 heterocycles. The first-order chi connectivity index (χ1) is 8.90. The maximum Gasteiger partial charge on any atom is 0.130 e. The molecule has 1 aromatic heterocycles. The Morgan fingerprint density at radius 1 is 1.42 bits per heavy atom. The van der Waals surface area contributed by atoms with Gasteiger partial charge in [0.25, 0.3) is 0 Å². The number of nitrogens with zero attached hydrogens (tertiary/aromatic N) is 2. The summed E-state index contributed by atoms with van der Waals surface area (Å²) >= 11 is 6.11. The van der Waals surface area contributed by atoms with Gasteiger partial charge in [-0.3, -0.25) is 4.68 Å². The fourth-order valence-corrected chi connectivity index (χ4v) is 2.38. The van der Waals surface area contributed by atoms with Gasteiger partial charge in [0.1, 0.15) is 11.0 Å². The van der Waals surface area contributed by atoms with Crippen LogP contribution in [0.3, 0.4) is 0 Å². The van der Waals surface area contributed by atoms with Crippen LogP contribution in [0.2, 0.25) is 5.15 Å². The van der Waals surface area contributed by atoms with Crippen LogP contribution in [0.4, 0.5) is 4.39 Å². The van der Waals surface area contributed by atoms with E-state index < -0.39 is 11.9 Å². The van der Waals surface area contributed by atoms with E-state index in [0.717, 1.165) is 16.8 Å². The van der Waals surface area contributed by atoms with Gasteiger partial charge in [-0.1, -0.05) is 29.3 Å². The lowest BCUT2D eigenvalue weighted by Gasteiger charge is -2.12. The standard InChI is InChI=1S/C14H16ClFN2O/c1-8-4-5-12(16)11(6-8)13(19)7-10-9(2)17-18(3)14(10)15/h4-6,13,19H,7H2,1-3H3. The van der Waals surface area contributed by atoms with Crippen LogP contribution in [-0.4, -0.2) is 14.9 Å². The van der Waals surface area contributed by atoms with E-state index in [1.807, 2.05) is 13.8 Å². The summed E-state index contributed by atoms with van der Waals surface area (Å²) in [7, 11) is 1.73. The molecule has 0 aliphatic rings. The number of hydrogen-bond donors (Lipinski definition) is 1. The number of halogens is 2. The first-order valence-electron chi connectivity index (χ1n) is 6.02. The highest BCUT2D eigenvalue weighted by atomic mass is 35.5. The Morgan fingerprint density at radius 2 is 2.11 bits per heavy atom. The highest BCUT2D eigenvalue weighted by Gasteiger charge is 2.19. The molecular weight excluding hydrogens is 267 g/mol. The van der Waals surface area contributed by atoms with Gasteiger partial charge in [-0.15, -0.1) is 0 Å². The molecule has 1 unspecified atom stereocenters. The molecule has 5 heteroatoms. The van der Waals surface area contributed by atoms with Crippen molar-refractivity contribution in [2.75, 3.05) is 0 Å². The average molecular weight is 283 g/mol. The normalized spacial score (nSPS) is 12.7. The smallest absolute Gasteiger partial charge is 0.130 e. The van der Waals surface area contributed by atoms with Crippen LogP contribution < -0.4 is 0 Å². The van der Waals surface area contributed by atoms with Crippen molar-refractivity contribution in [3.63, 3.8) is 0 Å². The average Bonchev–Trinajstić information content (AvgIpc) is 2.59. The van der Waals surface area contributed by atoms with Gasteiger partial charge in [0.2, 0.25) is 0 Å². The van der Waals surface area contributed by atoms with Crippen molar-refractivity contribution in [3.8, 4) is 0 Å². The third-order valence-corrected chi connectivity index (χ3v) is 3.65. The van der Waals surface area contributed by atoms with Gasteiger partial charge >= 0.3 is 0 Å². The summed E-state index contributed by atoms with van der Waals surface area (Å²) < 4.78 is 15.3. The zero-order valence-corrected chi connectivity index (χ0v) is 11.9. The van der Waals surface area contributed by atoms with Crippen LogP contribution in [0.15, 0.2) is 18.2 Å². The molecule has 0 saturated heterocycles. The highest BCUT2D eigenvalue weighted by Crippen LogP contribution is 2.27. The monoisotopic (exact) mass is 282 g/mol. The Balaban J connectivity index is 2.30. The first-order valence-corrected chi connectivity index (χ1v) is 6.40. The molecule has 0 saturated carbocycles. The number of aliphatic hydroxyl groups is 1. The van der Waals surface area contributed by atoms with E-state index in [-0.39, 0.29) is 6.42 Å². The zero-order chi connectivity index (χ0) is 14.2. The van der Waals surface area contributed by atoms with Crippen LogP contribution in [0, 0.1) is 19.7 Å². The van der Waals surface area contributed by atoms with Gasteiger partial charge in [-0.2, -0.15) is 5.10 Å². The molecular formula is C14H16ClFN2O. The Labute approximate surface area is 116 Å². The van der Waals surface area contributed by atoms with Crippen LogP contribution in [0.1, 0.15) is 28.5 Å². The van der Waals surface area contributed by atoms with Crippen molar-refractivity contribution < 1.29 is 9.50 Å². The summed E-state index contributed by atoms with van der Waals surface area (Å²) in [6.45, 7) is 3.68. The molecule has 0 fully saturated rings. The number of benzene rings is 1. The van der Waals surface area contributed by atoms with E-state index in [0.29, 0.717) is 10.7 Å². The predicted molar refractivity (Wildman–Crippen MR) is 72.8 cm³/mol. The van der Waals surface area contributed by atoms with Crippen LogP contribution in [-0.2, 0) is 13.5 Å². The largest absolute Gasteiger partial charge is 0.388 e. The Hall–Kier alpha value is -1.39. The van der Waals surface area contributed by atoms with E-state index in [9.17, 15) is 9.50 Å². The van der Waals surface area contributed by atoms with Crippen LogP contribution >= 0.6 is 11.6 Å². The molecule has 0 amide bonds. The quantitative estimate of drug-likeness (QED) is 0.939. The molecule has 3 nitrogen and oxygen atoms in total. The van der Waals surface area contributed by atoms with Gasteiger partial charge in [-0.25, -0.2) is 4.39 Å². The molecule has 2 aromatic rings. The van der Waals surface area contributed by atoms with Gasteiger partial charge in [0.15, 0.2) is 0 Å². The van der Waals surface area contributed by atoms with Crippen molar-refractivity contribution >= 4 is 11.6 Å². The second kappa shape index (κ2) is 5.31. The lowest BCUT2D eigenvalue weighted by atomic mass is 10.00. The SMILES string of the molecule is Cc1ccc(F)c(C(O)Cc2c(C)nn(C)c2Cl)c1. The number of aromatic nitrogens is 2. The minimum atomic E-state index is -0.930. The van der Waals surface area contributed by atoms with Gasteiger partial charge in [-0.05, 0) is 19.9 Å². The Bertz CT molecular complexity index is 610. The van der Waals surface area contributed by atoms with E-state index >= 15 is 0 Å². The minimum absolute atomic E-state index is 0.249. The summed E-state index contributed by atoms with van der Waals surface area (Å²) in [5.74, 6) is -0.407. The summed E-state index contributed by atoms with van der Waals surface area (Å²) in [6, 6.07) is 4.69. The second-order valence-corrected chi connectivity index (χ2v) is 5.08. The van der Waals surface area contributed by atoms with Crippen LogP contribution in [0.25, 0.3) is 0 Å². The van der Waals surface area contributed by atoms with E-state index in [1.165, 1.54) is 6.07 Å². The van der Waals surface area contributed by atoms with E-state index in [1.54, 1.807) is 23.9 Å². The fourth-order valence-electron chi connectivity index (χ4n) is 2.13. The number of aliphatic hydroxyl groups excluding tert-OH is 1. The maximum absolute atomic E-state index is 13.7. The lowest BCUT2D eigenvalue weighted by molar-refractivity contribution is 0.173. The third-order valence-electron chi connectivity index (χ3n) is 3.18. The topological polar surface area (TPSA) is 38.1 Å². The summed E-state index contributed by atoms with van der Waals surface area (Å²) in [4.78, 5) is 0. The molecule has 0 spiro atoms. The number of rotatable bonds is 3. The lowest BCUT2D eigenvalue weighted by Crippen LogP contribution is -2.05. The molecule has 102 valence electrons. The molecule has 2 rings (SSSR count). The Kier molecular flexibility index (Phi) is 3.92. The second-order valence-electron chi connectivity index (χ2n) is 4.72. The molecule has 1 aromatic carbocycles. The van der Waals surface area contributed by atoms with Crippen molar-refractivity contribution in [3.05, 3.63) is 51.6 Å². The summed E-state index contributed by atoms with van der Waals surface area (Å²) in [6.07, 6.45) is -0.681. The molecule has 1 N–H and O–H groups in total. The molecule has 19 heavy (non-hydrogen) atoms. The van der Waals surface area contributed by atoms with Gasteiger partial charge in [0, 0.05) is 24.6 Å². The van der Waals surface area contributed by atoms with Crippen molar-refractivity contribution in [1.29, 1.82) is 0 Å². The molecule has 1 atom stereocenters. The number of aryl methyl sites for hydroxylation is 3. The zero-order valence-electron chi connectivity index (χ0n) is 11.1.